The minimum Gasteiger partial charge on any atom is -0.465 e. The third kappa shape index (κ3) is 13.5. The lowest BCUT2D eigenvalue weighted by molar-refractivity contribution is -0.128. The molecule has 0 unspecified atom stereocenters. The number of benzene rings is 5. The number of phosphoric acid groups is 1. The van der Waals surface area contributed by atoms with Crippen LogP contribution in [0.25, 0.3) is 11.1 Å². The largest absolute Gasteiger partial charge is 0.524 e. The Labute approximate surface area is 352 Å². The lowest BCUT2D eigenvalue weighted by atomic mass is 9.98. The van der Waals surface area contributed by atoms with Crippen molar-refractivity contribution in [3.8, 4) is 22.9 Å². The Morgan fingerprint density at radius 3 is 2.03 bits per heavy atom. The third-order valence-corrected chi connectivity index (χ3v) is 9.65. The molecule has 0 heterocycles. The van der Waals surface area contributed by atoms with Crippen LogP contribution in [-0.2, 0) is 31.9 Å². The fraction of sp³-hybridized carbons (Fsp3) is 0.200. The van der Waals surface area contributed by atoms with Crippen LogP contribution < -0.4 is 25.8 Å². The second kappa shape index (κ2) is 20.7. The number of nitriles is 1. The molecule has 314 valence electrons. The Kier molecular flexibility index (Phi) is 15.3. The number of esters is 1. The zero-order valence-corrected chi connectivity index (χ0v) is 34.3. The van der Waals surface area contributed by atoms with E-state index in [0.717, 1.165) is 5.56 Å². The Bertz CT molecular complexity index is 2460. The summed E-state index contributed by atoms with van der Waals surface area (Å²) in [5.74, 6) is -3.18. The summed E-state index contributed by atoms with van der Waals surface area (Å²) in [6, 6.07) is 31.6. The Hall–Kier alpha value is -7.11. The highest BCUT2D eigenvalue weighted by Crippen LogP contribution is 2.37. The maximum Gasteiger partial charge on any atom is 0.524 e. The normalized spacial score (nSPS) is 12.0. The number of rotatable bonds is 17. The lowest BCUT2D eigenvalue weighted by Gasteiger charge is -2.25. The van der Waals surface area contributed by atoms with E-state index in [1.807, 2.05) is 50.2 Å². The molecule has 5 rings (SSSR count). The van der Waals surface area contributed by atoms with Gasteiger partial charge in [0.1, 0.15) is 17.8 Å². The van der Waals surface area contributed by atoms with Gasteiger partial charge in [-0.25, -0.2) is 9.36 Å². The molecule has 5 aromatic rings. The molecule has 0 aliphatic carbocycles. The summed E-state index contributed by atoms with van der Waals surface area (Å²) in [6.07, 6.45) is 0.0712. The van der Waals surface area contributed by atoms with Crippen LogP contribution in [0.15, 0.2) is 121 Å². The van der Waals surface area contributed by atoms with Gasteiger partial charge in [-0.2, -0.15) is 5.26 Å². The monoisotopic (exact) mass is 845 g/mol. The molecule has 0 saturated carbocycles. The van der Waals surface area contributed by atoms with Gasteiger partial charge in [0.25, 0.3) is 11.8 Å². The molecule has 0 aliphatic rings. The van der Waals surface area contributed by atoms with Crippen LogP contribution in [0, 0.1) is 17.2 Å². The van der Waals surface area contributed by atoms with Gasteiger partial charge >= 0.3 is 13.8 Å². The van der Waals surface area contributed by atoms with Crippen LogP contribution in [0.1, 0.15) is 68.0 Å². The van der Waals surface area contributed by atoms with Gasteiger partial charge in [-0.1, -0.05) is 68.4 Å². The molecule has 0 bridgehead atoms. The van der Waals surface area contributed by atoms with Crippen LogP contribution in [0.4, 0.5) is 5.69 Å². The number of hydrogen-bond acceptors (Lipinski definition) is 9. The molecule has 0 fully saturated rings. The van der Waals surface area contributed by atoms with Crippen molar-refractivity contribution in [1.82, 2.24) is 16.0 Å². The van der Waals surface area contributed by atoms with Crippen molar-refractivity contribution in [2.45, 2.75) is 45.3 Å². The van der Waals surface area contributed by atoms with Crippen molar-refractivity contribution in [2.75, 3.05) is 12.4 Å². The second-order valence-corrected chi connectivity index (χ2v) is 15.5. The highest BCUT2D eigenvalue weighted by molar-refractivity contribution is 7.46. The summed E-state index contributed by atoms with van der Waals surface area (Å²) in [5.41, 5.74) is 3.61. The number of methoxy groups -OCH3 is 1. The quantitative estimate of drug-likeness (QED) is 0.0475. The average molecular weight is 846 g/mol. The van der Waals surface area contributed by atoms with Crippen molar-refractivity contribution in [3.05, 3.63) is 155 Å². The molecule has 0 saturated heterocycles. The summed E-state index contributed by atoms with van der Waals surface area (Å²) >= 11 is 0. The maximum absolute atomic E-state index is 14.2. The molecule has 0 aliphatic heterocycles. The first-order valence-corrected chi connectivity index (χ1v) is 20.6. The van der Waals surface area contributed by atoms with Gasteiger partial charge in [0.05, 0.1) is 24.3 Å². The number of carbonyl (C=O) groups excluding carboxylic acids is 5. The number of ether oxygens (including phenoxy) is 1. The summed E-state index contributed by atoms with van der Waals surface area (Å²) in [6.45, 7) is 3.96. The Morgan fingerprint density at radius 2 is 1.39 bits per heavy atom. The SMILES string of the molecule is COC(=O)c1cccc(-c2cc(NC(=O)[C@H](CC(C)C)NC(=O)[C@H](Cc3ccc(OP(=O)(O)O)cc3)NC(=O)c3ccc(C#N)cc3)cc(C(=O)NCc3ccccc3)c2)c1. The highest BCUT2D eigenvalue weighted by atomic mass is 31.2. The number of amides is 4. The fourth-order valence-electron chi connectivity index (χ4n) is 6.23. The zero-order valence-electron chi connectivity index (χ0n) is 33.5. The topological polar surface area (TPSA) is 233 Å². The molecule has 16 heteroatoms. The number of hydrogen-bond donors (Lipinski definition) is 6. The fourth-order valence-corrected chi connectivity index (χ4v) is 6.63. The summed E-state index contributed by atoms with van der Waals surface area (Å²) < 4.78 is 20.9. The standard InChI is InChI=1S/C45H44N5O10P/c1-28(2)20-39(50-44(54)40(49-42(52)32-16-12-30(26-46)13-17-32)21-29-14-18-38(19-15-29)60-61(56,57)58)43(53)48-37-24-35(33-10-7-11-34(22-33)45(55)59-3)23-36(25-37)41(51)47-27-31-8-5-4-6-9-31/h4-19,22-25,28,39-40H,20-21,27H2,1-3H3,(H,47,51)(H,48,53)(H,49,52)(H,50,54)(H2,56,57,58)/t39-,40-/m0/s1. The molecule has 4 amide bonds. The number of carbonyl (C=O) groups is 5. The van der Waals surface area contributed by atoms with Crippen LogP contribution >= 0.6 is 7.82 Å². The van der Waals surface area contributed by atoms with E-state index < -0.39 is 49.5 Å². The van der Waals surface area contributed by atoms with E-state index in [2.05, 4.69) is 25.8 Å². The Balaban J connectivity index is 1.43. The first kappa shape index (κ1) is 45.0. The number of nitrogens with one attached hydrogen (secondary N) is 4. The molecule has 5 aromatic carbocycles. The zero-order chi connectivity index (χ0) is 44.1. The minimum atomic E-state index is -4.83. The van der Waals surface area contributed by atoms with E-state index in [-0.39, 0.29) is 53.4 Å². The molecule has 0 aromatic heterocycles. The first-order valence-electron chi connectivity index (χ1n) is 19.0. The molecule has 2 atom stereocenters. The van der Waals surface area contributed by atoms with Gasteiger partial charge in [0.2, 0.25) is 11.8 Å². The van der Waals surface area contributed by atoms with Crippen LogP contribution in [0.5, 0.6) is 5.75 Å². The van der Waals surface area contributed by atoms with E-state index >= 15 is 0 Å². The van der Waals surface area contributed by atoms with Gasteiger partial charge in [0.15, 0.2) is 0 Å². The van der Waals surface area contributed by atoms with E-state index in [9.17, 15) is 43.6 Å². The predicted molar refractivity (Wildman–Crippen MR) is 226 cm³/mol. The number of nitrogens with zero attached hydrogens (tertiary/aromatic N) is 1. The highest BCUT2D eigenvalue weighted by Gasteiger charge is 2.29. The smallest absolute Gasteiger partial charge is 0.465 e. The van der Waals surface area contributed by atoms with Gasteiger partial charge in [-0.05, 0) is 101 Å². The third-order valence-electron chi connectivity index (χ3n) is 9.20. The van der Waals surface area contributed by atoms with E-state index in [1.165, 1.54) is 61.7 Å². The lowest BCUT2D eigenvalue weighted by Crippen LogP contribution is -2.53. The van der Waals surface area contributed by atoms with Crippen LogP contribution in [0.2, 0.25) is 0 Å². The van der Waals surface area contributed by atoms with Crippen LogP contribution in [-0.4, -0.2) is 58.6 Å². The van der Waals surface area contributed by atoms with Crippen molar-refractivity contribution in [2.24, 2.45) is 5.92 Å². The molecular formula is C45H44N5O10P. The maximum atomic E-state index is 14.2. The molecule has 6 N–H and O–H groups in total. The molecule has 61 heavy (non-hydrogen) atoms. The van der Waals surface area contributed by atoms with E-state index in [1.54, 1.807) is 36.4 Å². The molecule has 0 radical (unpaired) electrons. The number of anilines is 1. The molecular weight excluding hydrogens is 801 g/mol. The van der Waals surface area contributed by atoms with Crippen LogP contribution in [0.3, 0.4) is 0 Å². The van der Waals surface area contributed by atoms with E-state index in [4.69, 9.17) is 4.74 Å². The molecule has 0 spiro atoms. The summed E-state index contributed by atoms with van der Waals surface area (Å²) in [7, 11) is -3.57. The molecule has 15 nitrogen and oxygen atoms in total. The summed E-state index contributed by atoms with van der Waals surface area (Å²) in [5, 5.41) is 20.4. The average Bonchev–Trinajstić information content (AvgIpc) is 3.25. The van der Waals surface area contributed by atoms with Crippen molar-refractivity contribution in [1.29, 1.82) is 5.26 Å². The van der Waals surface area contributed by atoms with E-state index in [0.29, 0.717) is 22.3 Å². The van der Waals surface area contributed by atoms with Gasteiger partial charge in [-0.15, -0.1) is 0 Å². The van der Waals surface area contributed by atoms with Gasteiger partial charge in [0, 0.05) is 29.8 Å². The second-order valence-electron chi connectivity index (χ2n) is 14.4. The first-order chi connectivity index (χ1) is 29.1. The minimum absolute atomic E-state index is 0.101. The van der Waals surface area contributed by atoms with Gasteiger partial charge in [-0.3, -0.25) is 29.0 Å². The summed E-state index contributed by atoms with van der Waals surface area (Å²) in [4.78, 5) is 86.0. The van der Waals surface area contributed by atoms with Crippen molar-refractivity contribution >= 4 is 43.1 Å². The number of phosphoric ester groups is 1. The van der Waals surface area contributed by atoms with Crippen molar-refractivity contribution in [3.63, 3.8) is 0 Å². The predicted octanol–water partition coefficient (Wildman–Crippen LogP) is 5.92. The van der Waals surface area contributed by atoms with Crippen molar-refractivity contribution < 1.29 is 47.6 Å². The van der Waals surface area contributed by atoms with Gasteiger partial charge < -0.3 is 30.5 Å². The Morgan fingerprint density at radius 1 is 0.705 bits per heavy atom.